The monoisotopic (exact) mass is 276 g/mol. The number of halogens is 4. The van der Waals surface area contributed by atoms with Gasteiger partial charge in [0.15, 0.2) is 5.84 Å². The number of carbonyl (C=O) groups excluding carboxylic acids is 1. The molecule has 0 bridgehead atoms. The summed E-state index contributed by atoms with van der Waals surface area (Å²) in [5.74, 6) is -1.60. The van der Waals surface area contributed by atoms with Crippen molar-refractivity contribution in [2.45, 2.75) is 0 Å². The topological polar surface area (TPSA) is 32.7 Å². The number of benzene rings is 1. The lowest BCUT2D eigenvalue weighted by molar-refractivity contribution is -0.113. The quantitative estimate of drug-likeness (QED) is 0.776. The molecule has 3 nitrogen and oxygen atoms in total. The molecule has 0 atom stereocenters. The van der Waals surface area contributed by atoms with Crippen molar-refractivity contribution in [3.05, 3.63) is 40.1 Å². The average molecular weight is 277 g/mol. The summed E-state index contributed by atoms with van der Waals surface area (Å²) in [6.07, 6.45) is 0. The molecule has 0 unspecified atom stereocenters. The van der Waals surface area contributed by atoms with Gasteiger partial charge >= 0.3 is 0 Å². The first-order chi connectivity index (χ1) is 8.06. The van der Waals surface area contributed by atoms with Crippen LogP contribution in [0.2, 0.25) is 0 Å². The molecule has 0 saturated heterocycles. The second-order valence-corrected chi connectivity index (χ2v) is 3.91. The van der Waals surface area contributed by atoms with Crippen LogP contribution in [0, 0.1) is 5.82 Å². The van der Waals surface area contributed by atoms with E-state index >= 15 is 0 Å². The van der Waals surface area contributed by atoms with Crippen LogP contribution in [0.15, 0.2) is 39.5 Å². The van der Waals surface area contributed by atoms with Gasteiger partial charge in [-0.05, 0) is 24.3 Å². The second-order valence-electron chi connectivity index (χ2n) is 3.15. The third-order valence-corrected chi connectivity index (χ3v) is 2.96. The maximum Gasteiger partial charge on any atom is 0.277 e. The number of carbonyl (C=O) groups is 1. The van der Waals surface area contributed by atoms with Crippen LogP contribution in [0.3, 0.4) is 0 Å². The van der Waals surface area contributed by atoms with E-state index < -0.39 is 17.6 Å². The van der Waals surface area contributed by atoms with E-state index in [1.807, 2.05) is 0 Å². The predicted molar refractivity (Wildman–Crippen MR) is 61.2 cm³/mol. The van der Waals surface area contributed by atoms with Crippen molar-refractivity contribution in [3.63, 3.8) is 0 Å². The Balaban J connectivity index is 2.48. The zero-order valence-corrected chi connectivity index (χ0v) is 9.64. The normalized spacial score (nSPS) is 18.5. The number of nitrogens with zero attached hydrogens (tertiary/aromatic N) is 2. The first-order valence-electron chi connectivity index (χ1n) is 4.41. The van der Waals surface area contributed by atoms with E-state index in [9.17, 15) is 13.7 Å². The predicted octanol–water partition coefficient (Wildman–Crippen LogP) is 3.14. The second kappa shape index (κ2) is 4.43. The Bertz CT molecular complexity index is 540. The molecule has 0 fully saturated rings. The van der Waals surface area contributed by atoms with Crippen LogP contribution in [0.5, 0.6) is 0 Å². The fourth-order valence-electron chi connectivity index (χ4n) is 1.39. The van der Waals surface area contributed by atoms with Crippen molar-refractivity contribution in [2.75, 3.05) is 4.90 Å². The Morgan fingerprint density at radius 1 is 1.12 bits per heavy atom. The molecule has 0 saturated carbocycles. The molecule has 0 radical (unpaired) electrons. The highest BCUT2D eigenvalue weighted by atomic mass is 35.5. The molecule has 88 valence electrons. The standard InChI is InChI=1S/C10H4Cl2F2N2O/c11-7-8(12)10(17)16(9(7)15-14)6-3-1-5(13)2-4-6/h1-4H. The minimum atomic E-state index is -0.709. The molecular formula is C10H4Cl2F2N2O. The van der Waals surface area contributed by atoms with Crippen molar-refractivity contribution >= 4 is 40.6 Å². The van der Waals surface area contributed by atoms with E-state index in [-0.39, 0.29) is 15.8 Å². The van der Waals surface area contributed by atoms with Crippen molar-refractivity contribution in [1.29, 1.82) is 0 Å². The van der Waals surface area contributed by atoms with Gasteiger partial charge in [-0.2, -0.15) is 0 Å². The first-order valence-corrected chi connectivity index (χ1v) is 5.16. The largest absolute Gasteiger partial charge is 0.277 e. The number of hydrogen-bond acceptors (Lipinski definition) is 2. The third kappa shape index (κ3) is 1.92. The minimum absolute atomic E-state index is 0.224. The maximum absolute atomic E-state index is 12.7. The molecule has 2 rings (SSSR count). The molecule has 7 heteroatoms. The van der Waals surface area contributed by atoms with Crippen LogP contribution in [-0.4, -0.2) is 11.7 Å². The molecule has 1 aromatic rings. The van der Waals surface area contributed by atoms with Crippen LogP contribution in [0.25, 0.3) is 0 Å². The Labute approximate surface area is 105 Å². The molecule has 17 heavy (non-hydrogen) atoms. The minimum Gasteiger partial charge on any atom is -0.267 e. The van der Waals surface area contributed by atoms with Gasteiger partial charge < -0.3 is 0 Å². The summed E-state index contributed by atoms with van der Waals surface area (Å²) in [5.41, 5.74) is 0.224. The number of amidine groups is 1. The molecule has 1 amide bonds. The Morgan fingerprint density at radius 2 is 1.71 bits per heavy atom. The van der Waals surface area contributed by atoms with E-state index in [2.05, 4.69) is 5.21 Å². The molecule has 0 aliphatic carbocycles. The molecule has 1 aromatic carbocycles. The number of amides is 1. The van der Waals surface area contributed by atoms with Crippen LogP contribution in [-0.2, 0) is 4.79 Å². The van der Waals surface area contributed by atoms with Gasteiger partial charge in [-0.1, -0.05) is 32.9 Å². The van der Waals surface area contributed by atoms with Gasteiger partial charge in [0.2, 0.25) is 0 Å². The SMILES string of the molecule is O=C1C(Cl)=C(Cl)C(=NF)N1c1ccc(F)cc1. The van der Waals surface area contributed by atoms with Crippen molar-refractivity contribution in [3.8, 4) is 0 Å². The smallest absolute Gasteiger partial charge is 0.267 e. The van der Waals surface area contributed by atoms with E-state index in [4.69, 9.17) is 23.2 Å². The van der Waals surface area contributed by atoms with Gasteiger partial charge in [-0.25, -0.2) is 4.39 Å². The lowest BCUT2D eigenvalue weighted by atomic mass is 10.3. The van der Waals surface area contributed by atoms with Gasteiger partial charge in [-0.15, -0.1) is 0 Å². The van der Waals surface area contributed by atoms with Crippen LogP contribution in [0.1, 0.15) is 0 Å². The summed E-state index contributed by atoms with van der Waals surface area (Å²) >= 11 is 11.2. The fraction of sp³-hybridized carbons (Fsp3) is 0. The summed E-state index contributed by atoms with van der Waals surface area (Å²) in [5, 5.41) is 1.80. The van der Waals surface area contributed by atoms with E-state index in [0.717, 1.165) is 17.0 Å². The zero-order chi connectivity index (χ0) is 12.6. The number of hydrogen-bond donors (Lipinski definition) is 0. The zero-order valence-electron chi connectivity index (χ0n) is 8.12. The van der Waals surface area contributed by atoms with Gasteiger partial charge in [0.25, 0.3) is 5.91 Å². The summed E-state index contributed by atoms with van der Waals surface area (Å²) in [6.45, 7) is 0. The summed E-state index contributed by atoms with van der Waals surface area (Å²) < 4.78 is 25.2. The Hall–Kier alpha value is -1.46. The van der Waals surface area contributed by atoms with Gasteiger partial charge in [0, 0.05) is 0 Å². The molecule has 1 heterocycles. The highest BCUT2D eigenvalue weighted by Gasteiger charge is 2.36. The summed E-state index contributed by atoms with van der Waals surface area (Å²) in [4.78, 5) is 12.5. The molecule has 1 aliphatic rings. The van der Waals surface area contributed by atoms with E-state index in [1.165, 1.54) is 12.1 Å². The molecular weight excluding hydrogens is 273 g/mol. The highest BCUT2D eigenvalue weighted by Crippen LogP contribution is 2.32. The summed E-state index contributed by atoms with van der Waals surface area (Å²) in [7, 11) is 0. The van der Waals surface area contributed by atoms with E-state index in [0.29, 0.717) is 0 Å². The first kappa shape index (κ1) is 12.0. The lowest BCUT2D eigenvalue weighted by Gasteiger charge is -2.15. The molecule has 1 aliphatic heterocycles. The summed E-state index contributed by atoms with van der Waals surface area (Å²) in [6, 6.07) is 4.83. The third-order valence-electron chi connectivity index (χ3n) is 2.16. The van der Waals surface area contributed by atoms with E-state index in [1.54, 1.807) is 0 Å². The van der Waals surface area contributed by atoms with Gasteiger partial charge in [-0.3, -0.25) is 9.69 Å². The Morgan fingerprint density at radius 3 is 2.24 bits per heavy atom. The molecule has 0 spiro atoms. The van der Waals surface area contributed by atoms with Crippen molar-refractivity contribution in [2.24, 2.45) is 5.21 Å². The molecule has 0 aromatic heterocycles. The van der Waals surface area contributed by atoms with Crippen molar-refractivity contribution < 1.29 is 13.7 Å². The maximum atomic E-state index is 12.7. The van der Waals surface area contributed by atoms with Gasteiger partial charge in [0.1, 0.15) is 15.9 Å². The van der Waals surface area contributed by atoms with Crippen LogP contribution in [0.4, 0.5) is 14.6 Å². The fourth-order valence-corrected chi connectivity index (χ4v) is 1.76. The van der Waals surface area contributed by atoms with Crippen LogP contribution >= 0.6 is 23.2 Å². The van der Waals surface area contributed by atoms with Crippen molar-refractivity contribution in [1.82, 2.24) is 0 Å². The number of anilines is 1. The Kier molecular flexibility index (Phi) is 3.13. The highest BCUT2D eigenvalue weighted by molar-refractivity contribution is 6.63. The lowest BCUT2D eigenvalue weighted by Crippen LogP contribution is -2.30. The average Bonchev–Trinajstić information content (AvgIpc) is 2.54. The molecule has 0 N–H and O–H groups in total. The number of rotatable bonds is 1. The van der Waals surface area contributed by atoms with Gasteiger partial charge in [0.05, 0.1) is 5.69 Å². The van der Waals surface area contributed by atoms with Crippen LogP contribution < -0.4 is 4.90 Å².